The SMILES string of the molecule is C=C(/N=C(\C=C/C)c1c(-c2ccc(F)cc2)c(=O)n2n1CCC2)N[C@@H](C)c1ccccc1. The number of allylic oxidation sites excluding steroid dienone is 2. The second kappa shape index (κ2) is 9.22. The summed E-state index contributed by atoms with van der Waals surface area (Å²) in [5.41, 5.74) is 3.62. The maximum Gasteiger partial charge on any atom is 0.275 e. The second-order valence-electron chi connectivity index (χ2n) is 7.86. The number of benzene rings is 2. The molecule has 6 heteroatoms. The van der Waals surface area contributed by atoms with Crippen molar-refractivity contribution in [3.05, 3.63) is 107 Å². The summed E-state index contributed by atoms with van der Waals surface area (Å²) in [5.74, 6) is 0.169. The Hall–Kier alpha value is -3.67. The number of nitrogens with one attached hydrogen (secondary N) is 1. The topological polar surface area (TPSA) is 51.3 Å². The first-order valence-electron chi connectivity index (χ1n) is 10.8. The molecule has 0 radical (unpaired) electrons. The van der Waals surface area contributed by atoms with Gasteiger partial charge in [-0.15, -0.1) is 0 Å². The number of nitrogens with zero attached hydrogens (tertiary/aromatic N) is 3. The highest BCUT2D eigenvalue weighted by atomic mass is 19.1. The Morgan fingerprint density at radius 1 is 1.12 bits per heavy atom. The fraction of sp³-hybridized carbons (Fsp3) is 0.231. The summed E-state index contributed by atoms with van der Waals surface area (Å²) in [6.45, 7) is 9.45. The minimum atomic E-state index is -0.336. The van der Waals surface area contributed by atoms with Gasteiger partial charge in [0.25, 0.3) is 5.56 Å². The number of hydrogen-bond acceptors (Lipinski definition) is 3. The molecule has 5 nitrogen and oxygen atoms in total. The molecule has 1 aromatic heterocycles. The molecule has 0 saturated heterocycles. The molecule has 3 aromatic rings. The number of aliphatic imine (C=N–C) groups is 1. The van der Waals surface area contributed by atoms with Crippen LogP contribution in [0.4, 0.5) is 4.39 Å². The first-order chi connectivity index (χ1) is 15.5. The normalized spacial score (nSPS) is 14.5. The zero-order valence-corrected chi connectivity index (χ0v) is 18.4. The van der Waals surface area contributed by atoms with Crippen LogP contribution in [0.5, 0.6) is 0 Å². The molecule has 1 atom stereocenters. The molecule has 0 unspecified atom stereocenters. The third kappa shape index (κ3) is 4.21. The van der Waals surface area contributed by atoms with Crippen LogP contribution in [0.3, 0.4) is 0 Å². The van der Waals surface area contributed by atoms with Gasteiger partial charge < -0.3 is 5.32 Å². The van der Waals surface area contributed by atoms with Crippen molar-refractivity contribution in [2.24, 2.45) is 4.99 Å². The van der Waals surface area contributed by atoms with E-state index in [0.29, 0.717) is 29.2 Å². The predicted octanol–water partition coefficient (Wildman–Crippen LogP) is 5.05. The summed E-state index contributed by atoms with van der Waals surface area (Å²) in [7, 11) is 0. The van der Waals surface area contributed by atoms with Gasteiger partial charge in [-0.3, -0.25) is 9.48 Å². The summed E-state index contributed by atoms with van der Waals surface area (Å²) in [6.07, 6.45) is 4.67. The van der Waals surface area contributed by atoms with E-state index < -0.39 is 0 Å². The van der Waals surface area contributed by atoms with Gasteiger partial charge in [0.15, 0.2) is 0 Å². The first kappa shape index (κ1) is 21.6. The van der Waals surface area contributed by atoms with E-state index in [-0.39, 0.29) is 17.4 Å². The number of rotatable bonds is 7. The summed E-state index contributed by atoms with van der Waals surface area (Å²) in [5, 5.41) is 3.34. The van der Waals surface area contributed by atoms with Crippen molar-refractivity contribution < 1.29 is 4.39 Å². The van der Waals surface area contributed by atoms with Gasteiger partial charge in [-0.25, -0.2) is 14.1 Å². The lowest BCUT2D eigenvalue weighted by molar-refractivity contribution is 0.591. The lowest BCUT2D eigenvalue weighted by atomic mass is 10.0. The third-order valence-corrected chi connectivity index (χ3v) is 5.61. The smallest absolute Gasteiger partial charge is 0.275 e. The molecular weight excluding hydrogens is 403 g/mol. The standard InChI is InChI=1S/C26H27FN4O/c1-4-9-23(29-19(3)28-18(2)20-10-6-5-7-11-20)25-24(21-12-14-22(27)15-13-21)26(32)31-17-8-16-30(25)31/h4-7,9-15,18,28H,3,8,16-17H2,1-2H3/b9-4-,29-23+/t18-/m0/s1. The van der Waals surface area contributed by atoms with E-state index in [2.05, 4.69) is 31.0 Å². The molecule has 0 amide bonds. The van der Waals surface area contributed by atoms with Crippen molar-refractivity contribution >= 4 is 5.71 Å². The quantitative estimate of drug-likeness (QED) is 0.534. The lowest BCUT2D eigenvalue weighted by Gasteiger charge is -2.16. The minimum Gasteiger partial charge on any atom is -0.364 e. The van der Waals surface area contributed by atoms with Crippen molar-refractivity contribution in [2.75, 3.05) is 0 Å². The summed E-state index contributed by atoms with van der Waals surface area (Å²) in [4.78, 5) is 18.0. The Balaban J connectivity index is 1.77. The van der Waals surface area contributed by atoms with E-state index in [1.54, 1.807) is 16.8 Å². The fourth-order valence-electron chi connectivity index (χ4n) is 4.13. The Morgan fingerprint density at radius 2 is 1.81 bits per heavy atom. The molecular formula is C26H27FN4O. The molecule has 1 N–H and O–H groups in total. The first-order valence-corrected chi connectivity index (χ1v) is 10.8. The monoisotopic (exact) mass is 430 g/mol. The largest absolute Gasteiger partial charge is 0.364 e. The number of hydrogen-bond donors (Lipinski definition) is 1. The van der Waals surface area contributed by atoms with Crippen LogP contribution in [0.2, 0.25) is 0 Å². The zero-order chi connectivity index (χ0) is 22.7. The highest BCUT2D eigenvalue weighted by molar-refractivity contribution is 6.12. The van der Waals surface area contributed by atoms with Crippen LogP contribution < -0.4 is 10.9 Å². The van der Waals surface area contributed by atoms with Crippen LogP contribution in [0.15, 0.2) is 88.9 Å². The number of halogens is 1. The average molecular weight is 431 g/mol. The van der Waals surface area contributed by atoms with E-state index in [1.165, 1.54) is 12.1 Å². The van der Waals surface area contributed by atoms with Crippen LogP contribution in [-0.4, -0.2) is 15.1 Å². The summed E-state index contributed by atoms with van der Waals surface area (Å²) >= 11 is 0. The highest BCUT2D eigenvalue weighted by Gasteiger charge is 2.26. The van der Waals surface area contributed by atoms with Gasteiger partial charge in [0, 0.05) is 19.1 Å². The highest BCUT2D eigenvalue weighted by Crippen LogP contribution is 2.26. The van der Waals surface area contributed by atoms with Gasteiger partial charge in [-0.2, -0.15) is 0 Å². The predicted molar refractivity (Wildman–Crippen MR) is 127 cm³/mol. The average Bonchev–Trinajstić information content (AvgIpc) is 3.37. The molecule has 0 fully saturated rings. The summed E-state index contributed by atoms with van der Waals surface area (Å²) in [6, 6.07) is 16.1. The van der Waals surface area contributed by atoms with E-state index in [4.69, 9.17) is 4.99 Å². The molecule has 0 saturated carbocycles. The number of fused-ring (bicyclic) bond motifs is 1. The van der Waals surface area contributed by atoms with Gasteiger partial charge >= 0.3 is 0 Å². The molecule has 32 heavy (non-hydrogen) atoms. The molecule has 1 aliphatic rings. The van der Waals surface area contributed by atoms with E-state index in [0.717, 1.165) is 24.2 Å². The molecule has 164 valence electrons. The molecule has 0 bridgehead atoms. The van der Waals surface area contributed by atoms with Gasteiger partial charge in [-0.05, 0) is 49.6 Å². The van der Waals surface area contributed by atoms with Crippen LogP contribution >= 0.6 is 0 Å². The van der Waals surface area contributed by atoms with Gasteiger partial charge in [0.05, 0.1) is 17.0 Å². The van der Waals surface area contributed by atoms with Crippen LogP contribution in [0, 0.1) is 5.82 Å². The van der Waals surface area contributed by atoms with Crippen LogP contribution in [0.1, 0.15) is 37.6 Å². The van der Waals surface area contributed by atoms with E-state index >= 15 is 0 Å². The second-order valence-corrected chi connectivity index (χ2v) is 7.86. The number of aromatic nitrogens is 2. The Morgan fingerprint density at radius 3 is 2.50 bits per heavy atom. The Labute approximate surface area is 187 Å². The van der Waals surface area contributed by atoms with E-state index in [1.807, 2.05) is 42.0 Å². The van der Waals surface area contributed by atoms with Crippen molar-refractivity contribution in [3.8, 4) is 11.1 Å². The lowest BCUT2D eigenvalue weighted by Crippen LogP contribution is -2.18. The van der Waals surface area contributed by atoms with Gasteiger partial charge in [-0.1, -0.05) is 55.1 Å². The van der Waals surface area contributed by atoms with Crippen LogP contribution in [0.25, 0.3) is 11.1 Å². The molecule has 2 heterocycles. The molecule has 0 aliphatic carbocycles. The van der Waals surface area contributed by atoms with Crippen molar-refractivity contribution in [1.29, 1.82) is 0 Å². The van der Waals surface area contributed by atoms with Crippen molar-refractivity contribution in [3.63, 3.8) is 0 Å². The Kier molecular flexibility index (Phi) is 6.21. The maximum atomic E-state index is 13.5. The maximum absolute atomic E-state index is 13.5. The van der Waals surface area contributed by atoms with E-state index in [9.17, 15) is 9.18 Å². The molecule has 0 spiro atoms. The van der Waals surface area contributed by atoms with Crippen LogP contribution in [-0.2, 0) is 13.1 Å². The molecule has 4 rings (SSSR count). The minimum absolute atomic E-state index is 0.0262. The van der Waals surface area contributed by atoms with Gasteiger partial charge in [0.2, 0.25) is 0 Å². The summed E-state index contributed by atoms with van der Waals surface area (Å²) < 4.78 is 17.3. The van der Waals surface area contributed by atoms with Crippen molar-refractivity contribution in [1.82, 2.24) is 14.7 Å². The molecule has 1 aliphatic heterocycles. The van der Waals surface area contributed by atoms with Crippen molar-refractivity contribution in [2.45, 2.75) is 39.4 Å². The Bertz CT molecular complexity index is 1230. The molecule has 2 aromatic carbocycles. The fourth-order valence-corrected chi connectivity index (χ4v) is 4.13. The third-order valence-electron chi connectivity index (χ3n) is 5.61. The zero-order valence-electron chi connectivity index (χ0n) is 18.4. The van der Waals surface area contributed by atoms with Gasteiger partial charge in [0.1, 0.15) is 11.6 Å².